The zero-order valence-electron chi connectivity index (χ0n) is 11.0. The summed E-state index contributed by atoms with van der Waals surface area (Å²) in [6.07, 6.45) is 1.02. The Morgan fingerprint density at radius 3 is 2.29 bits per heavy atom. The monoisotopic (exact) mass is 235 g/mol. The summed E-state index contributed by atoms with van der Waals surface area (Å²) in [5.41, 5.74) is 1.79. The van der Waals surface area contributed by atoms with Crippen molar-refractivity contribution in [2.24, 2.45) is 10.6 Å². The molecular formula is C14H21NO2. The third kappa shape index (κ3) is 4.89. The van der Waals surface area contributed by atoms with E-state index in [0.717, 1.165) is 24.3 Å². The molecule has 1 N–H and O–H groups in total. The van der Waals surface area contributed by atoms with E-state index in [1.165, 1.54) is 0 Å². The van der Waals surface area contributed by atoms with Gasteiger partial charge in [0.15, 0.2) is 0 Å². The molecule has 0 spiro atoms. The molecule has 1 aromatic rings. The van der Waals surface area contributed by atoms with Gasteiger partial charge in [-0.3, -0.25) is 0 Å². The van der Waals surface area contributed by atoms with Gasteiger partial charge in [0.2, 0.25) is 0 Å². The van der Waals surface area contributed by atoms with Crippen LogP contribution in [0.3, 0.4) is 0 Å². The first kappa shape index (κ1) is 13.6. The average molecular weight is 235 g/mol. The summed E-state index contributed by atoms with van der Waals surface area (Å²) in [5, 5.41) is 11.8. The molecule has 3 heteroatoms. The molecule has 1 aromatic carbocycles. The van der Waals surface area contributed by atoms with Crippen LogP contribution in [-0.4, -0.2) is 17.5 Å². The Bertz CT molecular complexity index is 374. The van der Waals surface area contributed by atoms with Crippen LogP contribution in [0.2, 0.25) is 0 Å². The lowest BCUT2D eigenvalue weighted by Crippen LogP contribution is -2.11. The maximum atomic E-state index is 8.65. The molecule has 1 rings (SSSR count). The normalized spacial score (nSPS) is 12.6. The standard InChI is InChI=1S/C14H21NO2/c1-11(15-16)12-5-7-13(8-6-12)17-10-9-14(2,3)4/h5-8,16H,9-10H2,1-4H3. The second kappa shape index (κ2) is 5.71. The highest BCUT2D eigenvalue weighted by molar-refractivity contribution is 5.98. The number of nitrogens with zero attached hydrogens (tertiary/aromatic N) is 1. The van der Waals surface area contributed by atoms with Gasteiger partial charge < -0.3 is 9.94 Å². The van der Waals surface area contributed by atoms with Crippen molar-refractivity contribution < 1.29 is 9.94 Å². The molecule has 0 saturated heterocycles. The Balaban J connectivity index is 2.52. The molecular weight excluding hydrogens is 214 g/mol. The Morgan fingerprint density at radius 1 is 1.24 bits per heavy atom. The van der Waals surface area contributed by atoms with E-state index in [0.29, 0.717) is 11.1 Å². The molecule has 0 fully saturated rings. The third-order valence-corrected chi connectivity index (χ3v) is 2.54. The van der Waals surface area contributed by atoms with Crippen LogP contribution in [0.5, 0.6) is 5.75 Å². The zero-order chi connectivity index (χ0) is 12.9. The molecule has 0 aromatic heterocycles. The van der Waals surface area contributed by atoms with E-state index >= 15 is 0 Å². The lowest BCUT2D eigenvalue weighted by Gasteiger charge is -2.18. The summed E-state index contributed by atoms with van der Waals surface area (Å²) < 4.78 is 5.65. The van der Waals surface area contributed by atoms with Crippen molar-refractivity contribution in [1.29, 1.82) is 0 Å². The van der Waals surface area contributed by atoms with Crippen LogP contribution in [0.25, 0.3) is 0 Å². The molecule has 0 bridgehead atoms. The second-order valence-electron chi connectivity index (χ2n) is 5.37. The van der Waals surface area contributed by atoms with Gasteiger partial charge >= 0.3 is 0 Å². The molecule has 0 saturated carbocycles. The highest BCUT2D eigenvalue weighted by Crippen LogP contribution is 2.19. The van der Waals surface area contributed by atoms with Gasteiger partial charge in [0, 0.05) is 0 Å². The Hall–Kier alpha value is -1.51. The Morgan fingerprint density at radius 2 is 1.82 bits per heavy atom. The molecule has 0 heterocycles. The summed E-state index contributed by atoms with van der Waals surface area (Å²) in [7, 11) is 0. The summed E-state index contributed by atoms with van der Waals surface area (Å²) in [5.74, 6) is 0.851. The molecule has 17 heavy (non-hydrogen) atoms. The number of hydrogen-bond donors (Lipinski definition) is 1. The van der Waals surface area contributed by atoms with E-state index in [1.807, 2.05) is 24.3 Å². The van der Waals surface area contributed by atoms with Crippen LogP contribution in [0.15, 0.2) is 29.4 Å². The van der Waals surface area contributed by atoms with Crippen LogP contribution in [-0.2, 0) is 0 Å². The van der Waals surface area contributed by atoms with Crippen molar-refractivity contribution >= 4 is 5.71 Å². The molecule has 3 nitrogen and oxygen atoms in total. The minimum Gasteiger partial charge on any atom is -0.494 e. The smallest absolute Gasteiger partial charge is 0.119 e. The van der Waals surface area contributed by atoms with Crippen LogP contribution in [0.4, 0.5) is 0 Å². The van der Waals surface area contributed by atoms with Crippen LogP contribution >= 0.6 is 0 Å². The van der Waals surface area contributed by atoms with Crippen LogP contribution < -0.4 is 4.74 Å². The highest BCUT2D eigenvalue weighted by atomic mass is 16.5. The minimum atomic E-state index is 0.292. The van der Waals surface area contributed by atoms with Crippen molar-refractivity contribution in [3.63, 3.8) is 0 Å². The maximum absolute atomic E-state index is 8.65. The topological polar surface area (TPSA) is 41.8 Å². The molecule has 0 amide bonds. The summed E-state index contributed by atoms with van der Waals surface area (Å²) in [4.78, 5) is 0. The van der Waals surface area contributed by atoms with E-state index in [9.17, 15) is 0 Å². The van der Waals surface area contributed by atoms with E-state index in [2.05, 4.69) is 25.9 Å². The maximum Gasteiger partial charge on any atom is 0.119 e. The number of benzene rings is 1. The van der Waals surface area contributed by atoms with Gasteiger partial charge in [-0.2, -0.15) is 0 Å². The third-order valence-electron chi connectivity index (χ3n) is 2.54. The molecule has 94 valence electrons. The van der Waals surface area contributed by atoms with Gasteiger partial charge in [0.05, 0.1) is 12.3 Å². The Labute approximate surface area is 103 Å². The van der Waals surface area contributed by atoms with Gasteiger partial charge in [-0.1, -0.05) is 25.9 Å². The number of rotatable bonds is 4. The highest BCUT2D eigenvalue weighted by Gasteiger charge is 2.09. The van der Waals surface area contributed by atoms with Crippen LogP contribution in [0.1, 0.15) is 39.7 Å². The van der Waals surface area contributed by atoms with Gasteiger partial charge in [-0.15, -0.1) is 0 Å². The number of hydrogen-bond acceptors (Lipinski definition) is 3. The lowest BCUT2D eigenvalue weighted by atomic mass is 9.93. The molecule has 0 aliphatic heterocycles. The SMILES string of the molecule is CC(=NO)c1ccc(OCCC(C)(C)C)cc1. The molecule has 0 aliphatic carbocycles. The zero-order valence-corrected chi connectivity index (χ0v) is 11.0. The Kier molecular flexibility index (Phi) is 4.55. The largest absolute Gasteiger partial charge is 0.494 e. The van der Waals surface area contributed by atoms with Crippen LogP contribution in [0, 0.1) is 5.41 Å². The van der Waals surface area contributed by atoms with Gasteiger partial charge in [-0.05, 0) is 48.6 Å². The van der Waals surface area contributed by atoms with Crippen molar-refractivity contribution in [1.82, 2.24) is 0 Å². The van der Waals surface area contributed by atoms with Gasteiger partial charge in [0.25, 0.3) is 0 Å². The predicted octanol–water partition coefficient (Wildman–Crippen LogP) is 3.70. The van der Waals surface area contributed by atoms with E-state index in [-0.39, 0.29) is 0 Å². The fraction of sp³-hybridized carbons (Fsp3) is 0.500. The van der Waals surface area contributed by atoms with Crippen molar-refractivity contribution in [2.45, 2.75) is 34.1 Å². The quantitative estimate of drug-likeness (QED) is 0.491. The van der Waals surface area contributed by atoms with Crippen molar-refractivity contribution in [3.05, 3.63) is 29.8 Å². The van der Waals surface area contributed by atoms with Crippen molar-refractivity contribution in [2.75, 3.05) is 6.61 Å². The van der Waals surface area contributed by atoms with E-state index < -0.39 is 0 Å². The molecule has 0 aliphatic rings. The van der Waals surface area contributed by atoms with Gasteiger partial charge in [0.1, 0.15) is 5.75 Å². The number of ether oxygens (including phenoxy) is 1. The second-order valence-corrected chi connectivity index (χ2v) is 5.37. The van der Waals surface area contributed by atoms with E-state index in [1.54, 1.807) is 6.92 Å². The number of oxime groups is 1. The lowest BCUT2D eigenvalue weighted by molar-refractivity contribution is 0.243. The summed E-state index contributed by atoms with van der Waals surface area (Å²) in [6.45, 7) is 9.06. The van der Waals surface area contributed by atoms with E-state index in [4.69, 9.17) is 9.94 Å². The molecule has 0 unspecified atom stereocenters. The summed E-state index contributed by atoms with van der Waals surface area (Å²) >= 11 is 0. The van der Waals surface area contributed by atoms with Crippen molar-refractivity contribution in [3.8, 4) is 5.75 Å². The molecule has 0 radical (unpaired) electrons. The molecule has 0 atom stereocenters. The first-order valence-corrected chi connectivity index (χ1v) is 5.84. The van der Waals surface area contributed by atoms with Gasteiger partial charge in [-0.25, -0.2) is 0 Å². The first-order chi connectivity index (χ1) is 7.92. The predicted molar refractivity (Wildman–Crippen MR) is 70.0 cm³/mol. The average Bonchev–Trinajstić information content (AvgIpc) is 2.27. The first-order valence-electron chi connectivity index (χ1n) is 5.84. The summed E-state index contributed by atoms with van der Waals surface area (Å²) in [6, 6.07) is 7.57. The fourth-order valence-electron chi connectivity index (χ4n) is 1.33. The fourth-order valence-corrected chi connectivity index (χ4v) is 1.33. The minimum absolute atomic E-state index is 0.292.